The Morgan fingerprint density at radius 1 is 1.30 bits per heavy atom. The summed E-state index contributed by atoms with van der Waals surface area (Å²) in [5.74, 6) is 1.77. The Morgan fingerprint density at radius 2 is 2.07 bits per heavy atom. The van der Waals surface area contributed by atoms with Gasteiger partial charge in [0.15, 0.2) is 5.96 Å². The predicted octanol–water partition coefficient (Wildman–Crippen LogP) is 5.14. The summed E-state index contributed by atoms with van der Waals surface area (Å²) in [6.45, 7) is 8.26. The summed E-state index contributed by atoms with van der Waals surface area (Å²) in [5, 5.41) is 9.81. The van der Waals surface area contributed by atoms with Crippen LogP contribution in [0.1, 0.15) is 48.5 Å². The van der Waals surface area contributed by atoms with Crippen LogP contribution in [-0.2, 0) is 18.8 Å². The molecule has 2 rings (SSSR count). The van der Waals surface area contributed by atoms with E-state index in [1.807, 2.05) is 19.2 Å². The van der Waals surface area contributed by atoms with Crippen molar-refractivity contribution in [2.24, 2.45) is 4.99 Å². The minimum atomic E-state index is -0.198. The second-order valence-electron chi connectivity index (χ2n) is 6.23. The molecule has 150 valence electrons. The molecule has 0 aliphatic carbocycles. The zero-order chi connectivity index (χ0) is 18.9. The Balaban J connectivity index is 0.00000364. The molecule has 0 fully saturated rings. The van der Waals surface area contributed by atoms with E-state index in [0.29, 0.717) is 19.0 Å². The lowest BCUT2D eigenvalue weighted by Crippen LogP contribution is -2.36. The molecular weight excluding hydrogens is 494 g/mol. The molecule has 2 N–H and O–H groups in total. The maximum absolute atomic E-state index is 13.5. The molecule has 0 bridgehead atoms. The smallest absolute Gasteiger partial charge is 0.191 e. The third-order valence-electron chi connectivity index (χ3n) is 3.72. The average Bonchev–Trinajstić information content (AvgIpc) is 3.08. The number of thiazole rings is 1. The van der Waals surface area contributed by atoms with Gasteiger partial charge in [-0.1, -0.05) is 19.9 Å². The van der Waals surface area contributed by atoms with Crippen LogP contribution in [0.4, 0.5) is 4.39 Å². The second-order valence-corrected chi connectivity index (χ2v) is 7.98. The van der Waals surface area contributed by atoms with Gasteiger partial charge < -0.3 is 10.6 Å². The SMILES string of the molecule is CCNC(=NCc1ccc(F)cc1CSC)NCc1csc(C(C)C)n1.I. The number of nitrogens with one attached hydrogen (secondary N) is 2. The number of thioether (sulfide) groups is 1. The highest BCUT2D eigenvalue weighted by molar-refractivity contribution is 14.0. The van der Waals surface area contributed by atoms with Crippen LogP contribution >= 0.6 is 47.1 Å². The highest BCUT2D eigenvalue weighted by Crippen LogP contribution is 2.19. The van der Waals surface area contributed by atoms with E-state index in [2.05, 4.69) is 39.8 Å². The summed E-state index contributed by atoms with van der Waals surface area (Å²) in [4.78, 5) is 9.29. The van der Waals surface area contributed by atoms with E-state index in [1.165, 1.54) is 6.07 Å². The fourth-order valence-electron chi connectivity index (χ4n) is 2.39. The van der Waals surface area contributed by atoms with Gasteiger partial charge in [0.1, 0.15) is 5.82 Å². The molecule has 0 unspecified atom stereocenters. The van der Waals surface area contributed by atoms with Gasteiger partial charge in [-0.15, -0.1) is 35.3 Å². The molecule has 0 aliphatic heterocycles. The van der Waals surface area contributed by atoms with E-state index < -0.39 is 0 Å². The van der Waals surface area contributed by atoms with Crippen LogP contribution in [0.3, 0.4) is 0 Å². The van der Waals surface area contributed by atoms with E-state index in [4.69, 9.17) is 0 Å². The molecule has 0 aliphatic rings. The first-order valence-corrected chi connectivity index (χ1v) is 11.0. The zero-order valence-corrected chi connectivity index (χ0v) is 20.2. The molecular formula is C19H28FIN4S2. The highest BCUT2D eigenvalue weighted by atomic mass is 127. The molecule has 1 aromatic carbocycles. The Morgan fingerprint density at radius 3 is 2.70 bits per heavy atom. The maximum Gasteiger partial charge on any atom is 0.191 e. The van der Waals surface area contributed by atoms with Crippen LogP contribution in [0.25, 0.3) is 0 Å². The van der Waals surface area contributed by atoms with Crippen molar-refractivity contribution >= 4 is 53.0 Å². The van der Waals surface area contributed by atoms with Crippen molar-refractivity contribution in [2.45, 2.75) is 45.5 Å². The number of nitrogens with zero attached hydrogens (tertiary/aromatic N) is 2. The first kappa shape index (κ1) is 24.2. The lowest BCUT2D eigenvalue weighted by Gasteiger charge is -2.12. The predicted molar refractivity (Wildman–Crippen MR) is 127 cm³/mol. The maximum atomic E-state index is 13.5. The fourth-order valence-corrected chi connectivity index (χ4v) is 3.80. The van der Waals surface area contributed by atoms with Crippen molar-refractivity contribution in [1.29, 1.82) is 0 Å². The van der Waals surface area contributed by atoms with Crippen molar-refractivity contribution in [3.8, 4) is 0 Å². The number of hydrogen-bond donors (Lipinski definition) is 2. The van der Waals surface area contributed by atoms with E-state index in [9.17, 15) is 4.39 Å². The number of aromatic nitrogens is 1. The van der Waals surface area contributed by atoms with Crippen molar-refractivity contribution in [3.05, 3.63) is 51.2 Å². The first-order valence-electron chi connectivity index (χ1n) is 8.76. The number of halogens is 2. The summed E-state index contributed by atoms with van der Waals surface area (Å²) in [6, 6.07) is 4.92. The highest BCUT2D eigenvalue weighted by Gasteiger charge is 2.07. The van der Waals surface area contributed by atoms with Gasteiger partial charge >= 0.3 is 0 Å². The van der Waals surface area contributed by atoms with Crippen LogP contribution in [0.15, 0.2) is 28.6 Å². The Kier molecular flexibility index (Phi) is 11.2. The van der Waals surface area contributed by atoms with Gasteiger partial charge in [-0.05, 0) is 36.4 Å². The number of aliphatic imine (C=N–C) groups is 1. The normalized spacial score (nSPS) is 11.4. The average molecular weight is 522 g/mol. The summed E-state index contributed by atoms with van der Waals surface area (Å²) in [5.41, 5.74) is 3.07. The molecule has 0 saturated carbocycles. The molecule has 0 saturated heterocycles. The number of guanidine groups is 1. The summed E-state index contributed by atoms with van der Waals surface area (Å²) in [6.07, 6.45) is 2.02. The van der Waals surface area contributed by atoms with Crippen molar-refractivity contribution in [1.82, 2.24) is 15.6 Å². The minimum absolute atomic E-state index is 0. The molecule has 2 aromatic rings. The molecule has 1 aromatic heterocycles. The van der Waals surface area contributed by atoms with Crippen molar-refractivity contribution < 1.29 is 4.39 Å². The van der Waals surface area contributed by atoms with Gasteiger partial charge in [0.25, 0.3) is 0 Å². The van der Waals surface area contributed by atoms with Crippen LogP contribution in [0.2, 0.25) is 0 Å². The lowest BCUT2D eigenvalue weighted by molar-refractivity contribution is 0.625. The van der Waals surface area contributed by atoms with Crippen molar-refractivity contribution in [3.63, 3.8) is 0 Å². The molecule has 0 radical (unpaired) electrons. The second kappa shape index (κ2) is 12.6. The summed E-state index contributed by atoms with van der Waals surface area (Å²) in [7, 11) is 0. The molecule has 1 heterocycles. The third kappa shape index (κ3) is 7.95. The van der Waals surface area contributed by atoms with E-state index >= 15 is 0 Å². The van der Waals surface area contributed by atoms with Gasteiger partial charge in [0.05, 0.1) is 23.8 Å². The Bertz CT molecular complexity index is 734. The quantitative estimate of drug-likeness (QED) is 0.286. The summed E-state index contributed by atoms with van der Waals surface area (Å²) >= 11 is 3.37. The topological polar surface area (TPSA) is 49.3 Å². The number of rotatable bonds is 8. The molecule has 0 atom stereocenters. The van der Waals surface area contributed by atoms with E-state index in [1.54, 1.807) is 29.2 Å². The molecule has 4 nitrogen and oxygen atoms in total. The Labute approximate surface area is 186 Å². The van der Waals surface area contributed by atoms with Gasteiger partial charge in [-0.2, -0.15) is 11.8 Å². The number of hydrogen-bond acceptors (Lipinski definition) is 4. The van der Waals surface area contributed by atoms with Gasteiger partial charge in [0.2, 0.25) is 0 Å². The molecule has 8 heteroatoms. The molecule has 27 heavy (non-hydrogen) atoms. The lowest BCUT2D eigenvalue weighted by atomic mass is 10.1. The summed E-state index contributed by atoms with van der Waals surface area (Å²) < 4.78 is 13.5. The largest absolute Gasteiger partial charge is 0.357 e. The van der Waals surface area contributed by atoms with Crippen LogP contribution in [0.5, 0.6) is 0 Å². The molecule has 0 amide bonds. The van der Waals surface area contributed by atoms with Crippen LogP contribution in [0, 0.1) is 5.82 Å². The Hall–Kier alpha value is -0.870. The third-order valence-corrected chi connectivity index (χ3v) is 5.51. The van der Waals surface area contributed by atoms with E-state index in [-0.39, 0.29) is 29.8 Å². The van der Waals surface area contributed by atoms with Crippen molar-refractivity contribution in [2.75, 3.05) is 12.8 Å². The first-order chi connectivity index (χ1) is 12.5. The standard InChI is InChI=1S/C19H27FN4S2.HI/c1-5-21-19(23-10-17-12-26-18(24-17)13(2)3)22-9-14-6-7-16(20)8-15(14)11-25-4;/h6-8,12-13H,5,9-11H2,1-4H3,(H2,21,22,23);1H. The zero-order valence-electron chi connectivity index (χ0n) is 16.2. The van der Waals surface area contributed by atoms with Crippen LogP contribution < -0.4 is 10.6 Å². The fraction of sp³-hybridized carbons (Fsp3) is 0.474. The van der Waals surface area contributed by atoms with Gasteiger partial charge in [0, 0.05) is 23.6 Å². The number of benzene rings is 1. The monoisotopic (exact) mass is 522 g/mol. The van der Waals surface area contributed by atoms with Gasteiger partial charge in [-0.25, -0.2) is 14.4 Å². The minimum Gasteiger partial charge on any atom is -0.357 e. The van der Waals surface area contributed by atoms with Crippen LogP contribution in [-0.4, -0.2) is 23.7 Å². The van der Waals surface area contributed by atoms with Gasteiger partial charge in [-0.3, -0.25) is 0 Å². The molecule has 0 spiro atoms. The van der Waals surface area contributed by atoms with E-state index in [0.717, 1.165) is 40.1 Å².